The predicted octanol–water partition coefficient (Wildman–Crippen LogP) is 1.96. The standard InChI is InChI=1S/C2H3ClFI/c3-2(4)1-5/h2H,1H2. The summed E-state index contributed by atoms with van der Waals surface area (Å²) in [6, 6.07) is 0. The summed E-state index contributed by atoms with van der Waals surface area (Å²) >= 11 is 6.66. The van der Waals surface area contributed by atoms with Crippen molar-refractivity contribution in [1.29, 1.82) is 0 Å². The van der Waals surface area contributed by atoms with E-state index in [0.717, 1.165) is 0 Å². The molecule has 0 radical (unpaired) electrons. The fraction of sp³-hybridized carbons (Fsp3) is 1.00. The van der Waals surface area contributed by atoms with Crippen LogP contribution < -0.4 is 0 Å². The Morgan fingerprint density at radius 3 is 2.20 bits per heavy atom. The van der Waals surface area contributed by atoms with Gasteiger partial charge in [0.25, 0.3) is 0 Å². The lowest BCUT2D eigenvalue weighted by atomic mass is 10.9. The van der Waals surface area contributed by atoms with Gasteiger partial charge in [-0.3, -0.25) is 0 Å². The molecule has 0 heterocycles. The molecule has 0 aliphatic carbocycles. The molecule has 0 saturated heterocycles. The van der Waals surface area contributed by atoms with Crippen molar-refractivity contribution < 1.29 is 4.39 Å². The van der Waals surface area contributed by atoms with Gasteiger partial charge in [0.15, 0.2) is 5.63 Å². The molecule has 0 aromatic rings. The maximum atomic E-state index is 11.2. The summed E-state index contributed by atoms with van der Waals surface area (Å²) in [4.78, 5) is 0. The molecule has 1 unspecified atom stereocenters. The monoisotopic (exact) mass is 208 g/mol. The molecule has 0 rings (SSSR count). The Morgan fingerprint density at radius 1 is 2.00 bits per heavy atom. The van der Waals surface area contributed by atoms with Crippen LogP contribution in [0.25, 0.3) is 0 Å². The number of hydrogen-bond donors (Lipinski definition) is 0. The van der Waals surface area contributed by atoms with Crippen LogP contribution in [0, 0.1) is 0 Å². The summed E-state index contributed by atoms with van der Waals surface area (Å²) in [5.74, 6) is 0. The van der Waals surface area contributed by atoms with E-state index in [1.54, 1.807) is 0 Å². The van der Waals surface area contributed by atoms with Crippen molar-refractivity contribution in [1.82, 2.24) is 0 Å². The highest BCUT2D eigenvalue weighted by Crippen LogP contribution is 1.99. The van der Waals surface area contributed by atoms with Gasteiger partial charge in [-0.2, -0.15) is 0 Å². The zero-order valence-electron chi connectivity index (χ0n) is 2.42. The van der Waals surface area contributed by atoms with Gasteiger partial charge in [-0.25, -0.2) is 4.39 Å². The van der Waals surface area contributed by atoms with Crippen LogP contribution in [-0.2, 0) is 0 Å². The molecule has 0 nitrogen and oxygen atoms in total. The SMILES string of the molecule is FC(Cl)CI. The largest absolute Gasteiger partial charge is 0.229 e. The maximum Gasteiger partial charge on any atom is 0.182 e. The Morgan fingerprint density at radius 2 is 2.20 bits per heavy atom. The molecule has 32 valence electrons. The molecule has 0 amide bonds. The summed E-state index contributed by atoms with van der Waals surface area (Å²) in [5.41, 5.74) is -1.16. The molecule has 3 heteroatoms. The van der Waals surface area contributed by atoms with E-state index in [1.807, 2.05) is 22.6 Å². The van der Waals surface area contributed by atoms with Gasteiger partial charge >= 0.3 is 0 Å². The van der Waals surface area contributed by atoms with Gasteiger partial charge in [0.2, 0.25) is 0 Å². The maximum absolute atomic E-state index is 11.2. The summed E-state index contributed by atoms with van der Waals surface area (Å²) in [6.45, 7) is 0. The molecule has 0 bridgehead atoms. The van der Waals surface area contributed by atoms with Crippen LogP contribution in [-0.4, -0.2) is 10.1 Å². The quantitative estimate of drug-likeness (QED) is 0.456. The molecular formula is C2H3ClFI. The highest BCUT2D eigenvalue weighted by molar-refractivity contribution is 14.1. The highest BCUT2D eigenvalue weighted by Gasteiger charge is 1.90. The van der Waals surface area contributed by atoms with Crippen LogP contribution in [0.1, 0.15) is 0 Å². The fourth-order valence-electron chi connectivity index (χ4n) is 0. The zero-order valence-corrected chi connectivity index (χ0v) is 5.33. The summed E-state index contributed by atoms with van der Waals surface area (Å²) in [6.07, 6.45) is 0. The van der Waals surface area contributed by atoms with Crippen LogP contribution in [0.2, 0.25) is 0 Å². The highest BCUT2D eigenvalue weighted by atomic mass is 127. The lowest BCUT2D eigenvalue weighted by Gasteiger charge is -1.81. The van der Waals surface area contributed by atoms with Crippen molar-refractivity contribution in [2.45, 2.75) is 5.63 Å². The normalized spacial score (nSPS) is 15.0. The van der Waals surface area contributed by atoms with Crippen molar-refractivity contribution in [3.05, 3.63) is 0 Å². The van der Waals surface area contributed by atoms with Gasteiger partial charge in [0.05, 0.1) is 0 Å². The van der Waals surface area contributed by atoms with Gasteiger partial charge in [-0.1, -0.05) is 34.2 Å². The lowest BCUT2D eigenvalue weighted by Crippen LogP contribution is -1.83. The van der Waals surface area contributed by atoms with Crippen molar-refractivity contribution >= 4 is 34.2 Å². The third kappa shape index (κ3) is 4.95. The van der Waals surface area contributed by atoms with Crippen LogP contribution in [0.4, 0.5) is 4.39 Å². The molecule has 0 aromatic carbocycles. The number of rotatable bonds is 1. The van der Waals surface area contributed by atoms with Crippen LogP contribution >= 0.6 is 34.2 Å². The first-order chi connectivity index (χ1) is 2.27. The minimum Gasteiger partial charge on any atom is -0.229 e. The summed E-state index contributed by atoms with van der Waals surface area (Å²) in [5, 5.41) is 0. The topological polar surface area (TPSA) is 0 Å². The number of halogens is 3. The number of hydrogen-bond acceptors (Lipinski definition) is 0. The number of alkyl halides is 3. The smallest absolute Gasteiger partial charge is 0.182 e. The Hall–Kier alpha value is 0.950. The fourth-order valence-corrected chi connectivity index (χ4v) is 0. The van der Waals surface area contributed by atoms with Gasteiger partial charge < -0.3 is 0 Å². The Kier molecular flexibility index (Phi) is 3.75. The van der Waals surface area contributed by atoms with E-state index in [0.29, 0.717) is 4.43 Å². The van der Waals surface area contributed by atoms with Crippen LogP contribution in [0.3, 0.4) is 0 Å². The predicted molar refractivity (Wildman–Crippen MR) is 29.6 cm³/mol. The first-order valence-corrected chi connectivity index (χ1v) is 3.07. The molecule has 0 aliphatic heterocycles. The minimum absolute atomic E-state index is 0.374. The van der Waals surface area contributed by atoms with E-state index in [-0.39, 0.29) is 0 Å². The molecule has 0 spiro atoms. The molecule has 5 heavy (non-hydrogen) atoms. The zero-order chi connectivity index (χ0) is 4.28. The van der Waals surface area contributed by atoms with E-state index in [9.17, 15) is 4.39 Å². The molecular weight excluding hydrogens is 205 g/mol. The first-order valence-electron chi connectivity index (χ1n) is 1.11. The second-order valence-electron chi connectivity index (χ2n) is 0.545. The second-order valence-corrected chi connectivity index (χ2v) is 1.90. The van der Waals surface area contributed by atoms with Crippen molar-refractivity contribution in [2.75, 3.05) is 4.43 Å². The van der Waals surface area contributed by atoms with Crippen LogP contribution in [0.5, 0.6) is 0 Å². The molecule has 0 fully saturated rings. The van der Waals surface area contributed by atoms with E-state index in [4.69, 9.17) is 11.6 Å². The van der Waals surface area contributed by atoms with Gasteiger partial charge in [-0.05, 0) is 0 Å². The average Bonchev–Trinajstić information content (AvgIpc) is 1.38. The van der Waals surface area contributed by atoms with Gasteiger partial charge in [0.1, 0.15) is 0 Å². The Labute approximate surface area is 48.8 Å². The molecule has 1 atom stereocenters. The van der Waals surface area contributed by atoms with E-state index >= 15 is 0 Å². The van der Waals surface area contributed by atoms with Crippen molar-refractivity contribution in [3.8, 4) is 0 Å². The van der Waals surface area contributed by atoms with Crippen molar-refractivity contribution in [3.63, 3.8) is 0 Å². The third-order valence-corrected chi connectivity index (χ3v) is 1.56. The van der Waals surface area contributed by atoms with E-state index in [2.05, 4.69) is 0 Å². The van der Waals surface area contributed by atoms with Gasteiger partial charge in [-0.15, -0.1) is 0 Å². The van der Waals surface area contributed by atoms with Crippen molar-refractivity contribution in [2.24, 2.45) is 0 Å². The summed E-state index contributed by atoms with van der Waals surface area (Å²) < 4.78 is 11.6. The Balaban J connectivity index is 2.54. The second kappa shape index (κ2) is 3.15. The molecule has 0 aromatic heterocycles. The lowest BCUT2D eigenvalue weighted by molar-refractivity contribution is 0.485. The summed E-state index contributed by atoms with van der Waals surface area (Å²) in [7, 11) is 0. The molecule has 0 aliphatic rings. The van der Waals surface area contributed by atoms with Crippen LogP contribution in [0.15, 0.2) is 0 Å². The Bertz CT molecular complexity index is 23.6. The third-order valence-electron chi connectivity index (χ3n) is 0.117. The van der Waals surface area contributed by atoms with Gasteiger partial charge in [0, 0.05) is 4.43 Å². The van der Waals surface area contributed by atoms with E-state index < -0.39 is 5.63 Å². The molecule has 0 N–H and O–H groups in total. The average molecular weight is 208 g/mol. The first kappa shape index (κ1) is 5.95. The van der Waals surface area contributed by atoms with E-state index in [1.165, 1.54) is 0 Å². The minimum atomic E-state index is -1.16. The molecule has 0 saturated carbocycles.